The molecule has 120 valence electrons. The Morgan fingerprint density at radius 3 is 2.83 bits per heavy atom. The first-order valence-corrected chi connectivity index (χ1v) is 7.19. The highest BCUT2D eigenvalue weighted by Crippen LogP contribution is 2.35. The first kappa shape index (κ1) is 14.2. The molecule has 0 aliphatic carbocycles. The van der Waals surface area contributed by atoms with E-state index in [0.29, 0.717) is 22.7 Å². The fourth-order valence-electron chi connectivity index (χ4n) is 2.47. The zero-order valence-corrected chi connectivity index (χ0v) is 12.6. The fraction of sp³-hybridized carbons (Fsp3) is 0.125. The van der Waals surface area contributed by atoms with E-state index < -0.39 is 5.56 Å². The van der Waals surface area contributed by atoms with E-state index in [0.717, 1.165) is 5.56 Å². The van der Waals surface area contributed by atoms with Gasteiger partial charge in [0.05, 0.1) is 11.2 Å². The molecule has 3 aromatic rings. The predicted octanol–water partition coefficient (Wildman–Crippen LogP) is 1.67. The van der Waals surface area contributed by atoms with Crippen LogP contribution in [0.25, 0.3) is 22.3 Å². The molecule has 4 rings (SSSR count). The minimum absolute atomic E-state index is 0.0950. The van der Waals surface area contributed by atoms with Crippen molar-refractivity contribution in [2.24, 2.45) is 0 Å². The number of carbonyl (C=O) groups is 1. The number of nitrogens with zero attached hydrogens (tertiary/aromatic N) is 2. The number of carbonyl (C=O) groups excluding carboxylic acids is 1. The molecule has 1 aromatic carbocycles. The highest BCUT2D eigenvalue weighted by molar-refractivity contribution is 5.88. The molecule has 1 aliphatic rings. The minimum Gasteiger partial charge on any atom is -0.454 e. The normalized spacial score (nSPS) is 12.4. The number of amides is 1. The molecule has 0 unspecified atom stereocenters. The maximum atomic E-state index is 12.2. The second-order valence-corrected chi connectivity index (χ2v) is 5.23. The molecule has 1 aliphatic heterocycles. The number of anilines is 1. The summed E-state index contributed by atoms with van der Waals surface area (Å²) in [7, 11) is 0. The van der Waals surface area contributed by atoms with E-state index in [-0.39, 0.29) is 24.2 Å². The van der Waals surface area contributed by atoms with Crippen LogP contribution in [0, 0.1) is 0 Å². The molecule has 0 saturated carbocycles. The molecule has 8 heteroatoms. The van der Waals surface area contributed by atoms with Crippen molar-refractivity contribution < 1.29 is 14.3 Å². The Labute approximate surface area is 135 Å². The number of H-pyrrole nitrogens is 1. The lowest BCUT2D eigenvalue weighted by atomic mass is 10.1. The molecule has 0 fully saturated rings. The van der Waals surface area contributed by atoms with Crippen LogP contribution in [0.15, 0.2) is 35.1 Å². The number of rotatable bonds is 2. The Balaban J connectivity index is 1.80. The van der Waals surface area contributed by atoms with Crippen molar-refractivity contribution in [3.63, 3.8) is 0 Å². The zero-order valence-electron chi connectivity index (χ0n) is 12.6. The number of nitrogens with one attached hydrogen (secondary N) is 2. The van der Waals surface area contributed by atoms with Crippen LogP contribution in [0.2, 0.25) is 0 Å². The number of ether oxygens (including phenoxy) is 2. The summed E-state index contributed by atoms with van der Waals surface area (Å²) >= 11 is 0. The van der Waals surface area contributed by atoms with E-state index in [2.05, 4.69) is 20.3 Å². The molecule has 0 atom stereocenters. The van der Waals surface area contributed by atoms with Gasteiger partial charge in [0, 0.05) is 12.5 Å². The third-order valence-electron chi connectivity index (χ3n) is 3.52. The first-order valence-electron chi connectivity index (χ1n) is 7.19. The molecular formula is C16H12N4O4. The Bertz CT molecular complexity index is 1030. The van der Waals surface area contributed by atoms with E-state index >= 15 is 0 Å². The predicted molar refractivity (Wildman–Crippen MR) is 86.0 cm³/mol. The van der Waals surface area contributed by atoms with Gasteiger partial charge >= 0.3 is 0 Å². The van der Waals surface area contributed by atoms with Gasteiger partial charge < -0.3 is 9.47 Å². The molecular weight excluding hydrogens is 312 g/mol. The molecule has 0 saturated heterocycles. The Morgan fingerprint density at radius 2 is 2.00 bits per heavy atom. The Kier molecular flexibility index (Phi) is 3.16. The summed E-state index contributed by atoms with van der Waals surface area (Å²) in [5.74, 6) is 1.10. The third-order valence-corrected chi connectivity index (χ3v) is 3.52. The number of aromatic amines is 1. The van der Waals surface area contributed by atoms with Gasteiger partial charge in [-0.1, -0.05) is 0 Å². The summed E-state index contributed by atoms with van der Waals surface area (Å²) < 4.78 is 10.6. The molecule has 0 bridgehead atoms. The van der Waals surface area contributed by atoms with Crippen LogP contribution in [0.5, 0.6) is 11.5 Å². The van der Waals surface area contributed by atoms with Crippen LogP contribution in [0.3, 0.4) is 0 Å². The van der Waals surface area contributed by atoms with Crippen molar-refractivity contribution in [3.8, 4) is 22.8 Å². The smallest absolute Gasteiger partial charge is 0.278 e. The number of hydrogen-bond donors (Lipinski definition) is 2. The molecule has 0 spiro atoms. The van der Waals surface area contributed by atoms with Crippen molar-refractivity contribution in [1.82, 2.24) is 15.0 Å². The monoisotopic (exact) mass is 324 g/mol. The van der Waals surface area contributed by atoms with Crippen molar-refractivity contribution in [2.45, 2.75) is 6.92 Å². The largest absolute Gasteiger partial charge is 0.454 e. The number of pyridine rings is 1. The van der Waals surface area contributed by atoms with Gasteiger partial charge in [-0.3, -0.25) is 19.9 Å². The second-order valence-electron chi connectivity index (χ2n) is 5.23. The van der Waals surface area contributed by atoms with Gasteiger partial charge in [-0.05, 0) is 30.3 Å². The maximum absolute atomic E-state index is 12.2. The Morgan fingerprint density at radius 1 is 1.17 bits per heavy atom. The van der Waals surface area contributed by atoms with Crippen molar-refractivity contribution in [3.05, 3.63) is 40.7 Å². The lowest BCUT2D eigenvalue weighted by Gasteiger charge is -2.06. The van der Waals surface area contributed by atoms with Crippen LogP contribution in [0.4, 0.5) is 5.95 Å². The molecule has 0 radical (unpaired) electrons. The van der Waals surface area contributed by atoms with Gasteiger partial charge in [-0.2, -0.15) is 0 Å². The van der Waals surface area contributed by atoms with Crippen LogP contribution in [-0.4, -0.2) is 27.7 Å². The lowest BCUT2D eigenvalue weighted by molar-refractivity contribution is -0.114. The molecule has 3 heterocycles. The number of benzene rings is 1. The molecule has 2 aromatic heterocycles. The topological polar surface area (TPSA) is 106 Å². The maximum Gasteiger partial charge on any atom is 0.278 e. The SMILES string of the molecule is CC(=O)Nc1nc2ccc(-c3ccc4c(c3)OCO4)nc2c(=O)[nH]1. The summed E-state index contributed by atoms with van der Waals surface area (Å²) in [4.78, 5) is 34.3. The summed E-state index contributed by atoms with van der Waals surface area (Å²) in [6.07, 6.45) is 0. The number of hydrogen-bond acceptors (Lipinski definition) is 6. The third kappa shape index (κ3) is 2.43. The average molecular weight is 324 g/mol. The van der Waals surface area contributed by atoms with E-state index in [9.17, 15) is 9.59 Å². The zero-order chi connectivity index (χ0) is 16.7. The van der Waals surface area contributed by atoms with Gasteiger partial charge in [0.1, 0.15) is 0 Å². The summed E-state index contributed by atoms with van der Waals surface area (Å²) in [6, 6.07) is 8.89. The summed E-state index contributed by atoms with van der Waals surface area (Å²) in [6.45, 7) is 1.53. The fourth-order valence-corrected chi connectivity index (χ4v) is 2.47. The van der Waals surface area contributed by atoms with Crippen molar-refractivity contribution >= 4 is 22.9 Å². The van der Waals surface area contributed by atoms with Crippen molar-refractivity contribution in [2.75, 3.05) is 12.1 Å². The van der Waals surface area contributed by atoms with Gasteiger partial charge in [-0.25, -0.2) is 9.97 Å². The van der Waals surface area contributed by atoms with Crippen LogP contribution in [-0.2, 0) is 4.79 Å². The highest BCUT2D eigenvalue weighted by atomic mass is 16.7. The number of fused-ring (bicyclic) bond motifs is 2. The van der Waals surface area contributed by atoms with Crippen molar-refractivity contribution in [1.29, 1.82) is 0 Å². The van der Waals surface area contributed by atoms with Crippen LogP contribution >= 0.6 is 0 Å². The van der Waals surface area contributed by atoms with Gasteiger partial charge in [-0.15, -0.1) is 0 Å². The van der Waals surface area contributed by atoms with E-state index in [1.54, 1.807) is 18.2 Å². The quantitative estimate of drug-likeness (QED) is 0.743. The van der Waals surface area contributed by atoms with Gasteiger partial charge in [0.25, 0.3) is 5.56 Å². The van der Waals surface area contributed by atoms with Crippen LogP contribution in [0.1, 0.15) is 6.92 Å². The summed E-state index contributed by atoms with van der Waals surface area (Å²) in [5.41, 5.74) is 1.57. The minimum atomic E-state index is -0.425. The van der Waals surface area contributed by atoms with E-state index in [1.807, 2.05) is 12.1 Å². The summed E-state index contributed by atoms with van der Waals surface area (Å²) in [5, 5.41) is 2.45. The molecule has 1 amide bonds. The highest BCUT2D eigenvalue weighted by Gasteiger charge is 2.15. The first-order chi connectivity index (χ1) is 11.6. The molecule has 2 N–H and O–H groups in total. The van der Waals surface area contributed by atoms with Gasteiger partial charge in [0.15, 0.2) is 17.0 Å². The Hall–Kier alpha value is -3.42. The number of aromatic nitrogens is 3. The molecule has 24 heavy (non-hydrogen) atoms. The van der Waals surface area contributed by atoms with Gasteiger partial charge in [0.2, 0.25) is 18.6 Å². The molecule has 8 nitrogen and oxygen atoms in total. The standard InChI is InChI=1S/C16H12N4O4/c1-8(21)17-16-19-11-4-3-10(18-14(11)15(22)20-16)9-2-5-12-13(6-9)24-7-23-12/h2-6H,7H2,1H3,(H2,17,19,20,21,22). The second kappa shape index (κ2) is 5.34. The average Bonchev–Trinajstić information content (AvgIpc) is 3.01. The van der Waals surface area contributed by atoms with Crippen LogP contribution < -0.4 is 20.3 Å². The lowest BCUT2D eigenvalue weighted by Crippen LogP contribution is -2.16. The van der Waals surface area contributed by atoms with E-state index in [1.165, 1.54) is 6.92 Å². The van der Waals surface area contributed by atoms with E-state index in [4.69, 9.17) is 9.47 Å².